The summed E-state index contributed by atoms with van der Waals surface area (Å²) in [7, 11) is 0. The smallest absolute Gasteiger partial charge is 0.150 e. The number of hydrogen-bond acceptors (Lipinski definition) is 2. The van der Waals surface area contributed by atoms with Crippen molar-refractivity contribution in [2.45, 2.75) is 32.7 Å². The molecule has 0 amide bonds. The van der Waals surface area contributed by atoms with Crippen molar-refractivity contribution in [1.29, 1.82) is 0 Å². The first-order valence-electron chi connectivity index (χ1n) is 6.12. The number of carbonyl (C=O) groups excluding carboxylic acids is 1. The molecule has 0 atom stereocenters. The van der Waals surface area contributed by atoms with Gasteiger partial charge < -0.3 is 4.90 Å². The Hall–Kier alpha value is -1.38. The van der Waals surface area contributed by atoms with Crippen LogP contribution in [0.3, 0.4) is 0 Å². The zero-order chi connectivity index (χ0) is 12.4. The number of nitrogens with zero attached hydrogens (tertiary/aromatic N) is 1. The van der Waals surface area contributed by atoms with Crippen molar-refractivity contribution in [3.05, 3.63) is 29.6 Å². The zero-order valence-corrected chi connectivity index (χ0v) is 10.3. The third-order valence-corrected chi connectivity index (χ3v) is 3.15. The largest absolute Gasteiger partial charge is 0.369 e. The van der Waals surface area contributed by atoms with E-state index in [1.807, 2.05) is 0 Å². The van der Waals surface area contributed by atoms with E-state index in [-0.39, 0.29) is 5.82 Å². The van der Waals surface area contributed by atoms with Crippen LogP contribution in [0.1, 0.15) is 37.0 Å². The molecule has 2 rings (SSSR count). The molecule has 0 heterocycles. The maximum Gasteiger partial charge on any atom is 0.150 e. The standard InChI is InChI=1S/C14H18FNO/c1-10(2)16(8-11-3-4-11)14-6-12(9-17)5-13(15)7-14/h5-7,9-11H,3-4,8H2,1-2H3. The molecule has 2 nitrogen and oxygen atoms in total. The molecular weight excluding hydrogens is 217 g/mol. The topological polar surface area (TPSA) is 20.3 Å². The Morgan fingerprint density at radius 1 is 1.41 bits per heavy atom. The lowest BCUT2D eigenvalue weighted by Crippen LogP contribution is -2.32. The van der Waals surface area contributed by atoms with Crippen LogP contribution in [0.4, 0.5) is 10.1 Å². The first kappa shape index (κ1) is 12.1. The third-order valence-electron chi connectivity index (χ3n) is 3.15. The van der Waals surface area contributed by atoms with E-state index in [1.54, 1.807) is 6.07 Å². The van der Waals surface area contributed by atoms with Crippen LogP contribution < -0.4 is 4.90 Å². The minimum atomic E-state index is -0.342. The monoisotopic (exact) mass is 235 g/mol. The van der Waals surface area contributed by atoms with Crippen molar-refractivity contribution in [1.82, 2.24) is 0 Å². The summed E-state index contributed by atoms with van der Waals surface area (Å²) in [5, 5.41) is 0. The van der Waals surface area contributed by atoms with E-state index in [1.165, 1.54) is 25.0 Å². The molecule has 0 unspecified atom stereocenters. The van der Waals surface area contributed by atoms with Gasteiger partial charge in [0.1, 0.15) is 12.1 Å². The number of hydrogen-bond donors (Lipinski definition) is 0. The first-order chi connectivity index (χ1) is 8.10. The van der Waals surface area contributed by atoms with Crippen molar-refractivity contribution in [2.75, 3.05) is 11.4 Å². The summed E-state index contributed by atoms with van der Waals surface area (Å²) < 4.78 is 13.4. The minimum absolute atomic E-state index is 0.317. The van der Waals surface area contributed by atoms with E-state index in [0.717, 1.165) is 18.2 Å². The molecule has 0 saturated heterocycles. The van der Waals surface area contributed by atoms with Gasteiger partial charge in [-0.1, -0.05) is 0 Å². The van der Waals surface area contributed by atoms with Gasteiger partial charge >= 0.3 is 0 Å². The Morgan fingerprint density at radius 3 is 2.65 bits per heavy atom. The Balaban J connectivity index is 2.26. The number of halogens is 1. The van der Waals surface area contributed by atoms with E-state index < -0.39 is 0 Å². The highest BCUT2D eigenvalue weighted by atomic mass is 19.1. The van der Waals surface area contributed by atoms with Gasteiger partial charge in [-0.25, -0.2) is 4.39 Å². The highest BCUT2D eigenvalue weighted by Crippen LogP contribution is 2.32. The lowest BCUT2D eigenvalue weighted by molar-refractivity contribution is 0.112. The molecule has 1 aromatic rings. The summed E-state index contributed by atoms with van der Waals surface area (Å²) in [6.45, 7) is 5.14. The molecule has 0 bridgehead atoms. The molecule has 1 aliphatic rings. The predicted molar refractivity (Wildman–Crippen MR) is 67.0 cm³/mol. The number of benzene rings is 1. The Kier molecular flexibility index (Phi) is 3.46. The quantitative estimate of drug-likeness (QED) is 0.730. The molecule has 0 spiro atoms. The van der Waals surface area contributed by atoms with Gasteiger partial charge in [-0.05, 0) is 50.8 Å². The van der Waals surface area contributed by atoms with Crippen LogP contribution >= 0.6 is 0 Å². The SMILES string of the molecule is CC(C)N(CC1CC1)c1cc(F)cc(C=O)c1. The Labute approximate surface area is 101 Å². The maximum absolute atomic E-state index is 13.4. The fraction of sp³-hybridized carbons (Fsp3) is 0.500. The van der Waals surface area contributed by atoms with Crippen LogP contribution in [0.15, 0.2) is 18.2 Å². The number of aldehydes is 1. The molecule has 0 N–H and O–H groups in total. The predicted octanol–water partition coefficient (Wildman–Crippen LogP) is 3.26. The fourth-order valence-corrected chi connectivity index (χ4v) is 2.02. The van der Waals surface area contributed by atoms with Gasteiger partial charge in [0, 0.05) is 23.8 Å². The van der Waals surface area contributed by atoms with Gasteiger partial charge in [-0.3, -0.25) is 4.79 Å². The van der Waals surface area contributed by atoms with Crippen LogP contribution in [0.2, 0.25) is 0 Å². The van der Waals surface area contributed by atoms with Crippen molar-refractivity contribution in [2.24, 2.45) is 5.92 Å². The van der Waals surface area contributed by atoms with Crippen molar-refractivity contribution in [3.63, 3.8) is 0 Å². The Bertz CT molecular complexity index is 413. The molecule has 3 heteroatoms. The van der Waals surface area contributed by atoms with E-state index >= 15 is 0 Å². The Morgan fingerprint density at radius 2 is 2.12 bits per heavy atom. The van der Waals surface area contributed by atoms with Crippen molar-refractivity contribution < 1.29 is 9.18 Å². The number of carbonyl (C=O) groups is 1. The van der Waals surface area contributed by atoms with E-state index in [4.69, 9.17) is 0 Å². The maximum atomic E-state index is 13.4. The van der Waals surface area contributed by atoms with Gasteiger partial charge in [0.25, 0.3) is 0 Å². The van der Waals surface area contributed by atoms with E-state index in [2.05, 4.69) is 18.7 Å². The number of anilines is 1. The average Bonchev–Trinajstić information content (AvgIpc) is 3.08. The van der Waals surface area contributed by atoms with Gasteiger partial charge in [0.05, 0.1) is 0 Å². The minimum Gasteiger partial charge on any atom is -0.369 e. The van der Waals surface area contributed by atoms with Gasteiger partial charge in [-0.15, -0.1) is 0 Å². The van der Waals surface area contributed by atoms with Gasteiger partial charge in [-0.2, -0.15) is 0 Å². The highest BCUT2D eigenvalue weighted by Gasteiger charge is 2.26. The summed E-state index contributed by atoms with van der Waals surface area (Å²) in [5.74, 6) is 0.395. The van der Waals surface area contributed by atoms with Crippen LogP contribution in [0.5, 0.6) is 0 Å². The number of rotatable bonds is 5. The normalized spacial score (nSPS) is 15.1. The molecular formula is C14H18FNO. The van der Waals surface area contributed by atoms with Gasteiger partial charge in [0.15, 0.2) is 0 Å². The summed E-state index contributed by atoms with van der Waals surface area (Å²) in [6, 6.07) is 4.86. The lowest BCUT2D eigenvalue weighted by atomic mass is 10.1. The lowest BCUT2D eigenvalue weighted by Gasteiger charge is -2.29. The molecule has 1 aromatic carbocycles. The van der Waals surface area contributed by atoms with Crippen LogP contribution in [0.25, 0.3) is 0 Å². The van der Waals surface area contributed by atoms with Crippen molar-refractivity contribution in [3.8, 4) is 0 Å². The summed E-state index contributed by atoms with van der Waals surface area (Å²) in [4.78, 5) is 12.9. The molecule has 1 aliphatic carbocycles. The molecule has 92 valence electrons. The average molecular weight is 235 g/mol. The third kappa shape index (κ3) is 3.05. The fourth-order valence-electron chi connectivity index (χ4n) is 2.02. The van der Waals surface area contributed by atoms with Crippen molar-refractivity contribution >= 4 is 12.0 Å². The molecule has 0 aliphatic heterocycles. The molecule has 1 fully saturated rings. The van der Waals surface area contributed by atoms with Gasteiger partial charge in [0.2, 0.25) is 0 Å². The van der Waals surface area contributed by atoms with E-state index in [0.29, 0.717) is 17.9 Å². The van der Waals surface area contributed by atoms with Crippen LogP contribution in [0, 0.1) is 11.7 Å². The zero-order valence-electron chi connectivity index (χ0n) is 10.3. The van der Waals surface area contributed by atoms with Crippen LogP contribution in [-0.4, -0.2) is 18.9 Å². The second-order valence-electron chi connectivity index (χ2n) is 5.05. The highest BCUT2D eigenvalue weighted by molar-refractivity contribution is 5.77. The van der Waals surface area contributed by atoms with Crippen LogP contribution in [-0.2, 0) is 0 Å². The molecule has 17 heavy (non-hydrogen) atoms. The summed E-state index contributed by atoms with van der Waals surface area (Å²) in [6.07, 6.45) is 3.22. The second-order valence-corrected chi connectivity index (χ2v) is 5.05. The van der Waals surface area contributed by atoms with E-state index in [9.17, 15) is 9.18 Å². The molecule has 1 saturated carbocycles. The first-order valence-corrected chi connectivity index (χ1v) is 6.12. The summed E-state index contributed by atoms with van der Waals surface area (Å²) in [5.41, 5.74) is 1.22. The second kappa shape index (κ2) is 4.86. The molecule has 0 aromatic heterocycles. The molecule has 0 radical (unpaired) electrons. The summed E-state index contributed by atoms with van der Waals surface area (Å²) >= 11 is 0.